The van der Waals surface area contributed by atoms with Crippen molar-refractivity contribution in [1.82, 2.24) is 20.3 Å². The first-order valence-corrected chi connectivity index (χ1v) is 8.05. The van der Waals surface area contributed by atoms with Gasteiger partial charge in [-0.25, -0.2) is 0 Å². The fourth-order valence-electron chi connectivity index (χ4n) is 2.55. The Labute approximate surface area is 133 Å². The number of hydrogen-bond donors (Lipinski definition) is 1. The van der Waals surface area contributed by atoms with Gasteiger partial charge >= 0.3 is 0 Å². The van der Waals surface area contributed by atoms with Gasteiger partial charge in [0, 0.05) is 52.4 Å². The van der Waals surface area contributed by atoms with Crippen LogP contribution < -0.4 is 5.32 Å². The minimum Gasteiger partial charge on any atom is -0.364 e. The van der Waals surface area contributed by atoms with Crippen LogP contribution in [0.5, 0.6) is 0 Å². The van der Waals surface area contributed by atoms with Crippen molar-refractivity contribution in [2.24, 2.45) is 10.4 Å². The monoisotopic (exact) mass is 307 g/mol. The van der Waals surface area contributed by atoms with Crippen LogP contribution in [-0.2, 0) is 6.54 Å². The van der Waals surface area contributed by atoms with Gasteiger partial charge in [0.15, 0.2) is 5.96 Å². The van der Waals surface area contributed by atoms with Gasteiger partial charge in [0.2, 0.25) is 0 Å². The van der Waals surface area contributed by atoms with Gasteiger partial charge in [-0.3, -0.25) is 9.89 Å². The van der Waals surface area contributed by atoms with Crippen molar-refractivity contribution in [3.05, 3.63) is 18.0 Å². The third-order valence-electron chi connectivity index (χ3n) is 3.92. The summed E-state index contributed by atoms with van der Waals surface area (Å²) in [5, 5.41) is 7.46. The van der Waals surface area contributed by atoms with E-state index in [0.717, 1.165) is 57.3 Å². The molecule has 0 atom stereocenters. The summed E-state index contributed by atoms with van der Waals surface area (Å²) in [6.07, 6.45) is 2.77. The number of guanidine groups is 1. The Morgan fingerprint density at radius 1 is 1.32 bits per heavy atom. The second-order valence-corrected chi connectivity index (χ2v) is 7.04. The molecule has 1 aromatic rings. The van der Waals surface area contributed by atoms with Crippen LogP contribution in [0.25, 0.3) is 0 Å². The molecule has 0 aromatic carbocycles. The molecule has 0 bridgehead atoms. The van der Waals surface area contributed by atoms with E-state index in [1.54, 1.807) is 6.26 Å². The summed E-state index contributed by atoms with van der Waals surface area (Å²) in [5.41, 5.74) is 1.35. The summed E-state index contributed by atoms with van der Waals surface area (Å²) >= 11 is 0. The molecular formula is C16H29N5O. The molecule has 0 radical (unpaired) electrons. The van der Waals surface area contributed by atoms with E-state index in [2.05, 4.69) is 46.0 Å². The van der Waals surface area contributed by atoms with E-state index in [9.17, 15) is 0 Å². The minimum atomic E-state index is 0.349. The standard InChI is InChI=1S/C16H29N5O/c1-16(2,3)6-7-18-15(17-4)21-10-8-20(9-11-21)13-14-5-12-22-19-14/h5,12H,6-11,13H2,1-4H3,(H,17,18). The summed E-state index contributed by atoms with van der Waals surface area (Å²) < 4.78 is 4.89. The van der Waals surface area contributed by atoms with Crippen molar-refractivity contribution in [1.29, 1.82) is 0 Å². The number of nitrogens with zero attached hydrogens (tertiary/aromatic N) is 4. The van der Waals surface area contributed by atoms with Gasteiger partial charge in [0.05, 0.1) is 5.69 Å². The molecule has 1 aliphatic heterocycles. The molecule has 0 unspecified atom stereocenters. The first-order chi connectivity index (χ1) is 10.5. The number of rotatable bonds is 4. The first-order valence-electron chi connectivity index (χ1n) is 8.05. The largest absolute Gasteiger partial charge is 0.364 e. The van der Waals surface area contributed by atoms with Gasteiger partial charge in [-0.15, -0.1) is 0 Å². The Balaban J connectivity index is 1.74. The number of piperazine rings is 1. The highest BCUT2D eigenvalue weighted by Crippen LogP contribution is 2.17. The molecule has 1 fully saturated rings. The third-order valence-corrected chi connectivity index (χ3v) is 3.92. The van der Waals surface area contributed by atoms with Gasteiger partial charge < -0.3 is 14.7 Å². The lowest BCUT2D eigenvalue weighted by Gasteiger charge is -2.36. The zero-order chi connectivity index (χ0) is 16.0. The second-order valence-electron chi connectivity index (χ2n) is 7.04. The van der Waals surface area contributed by atoms with Crippen LogP contribution in [0, 0.1) is 5.41 Å². The Morgan fingerprint density at radius 2 is 2.05 bits per heavy atom. The van der Waals surface area contributed by atoms with Crippen molar-refractivity contribution in [2.45, 2.75) is 33.7 Å². The first kappa shape index (κ1) is 16.8. The molecule has 0 spiro atoms. The van der Waals surface area contributed by atoms with E-state index in [1.165, 1.54) is 0 Å². The lowest BCUT2D eigenvalue weighted by atomic mass is 9.92. The van der Waals surface area contributed by atoms with Gasteiger partial charge in [-0.1, -0.05) is 25.9 Å². The lowest BCUT2D eigenvalue weighted by Crippen LogP contribution is -2.52. The van der Waals surface area contributed by atoms with Crippen LogP contribution in [0.3, 0.4) is 0 Å². The molecule has 1 saturated heterocycles. The summed E-state index contributed by atoms with van der Waals surface area (Å²) in [7, 11) is 1.86. The number of aromatic nitrogens is 1. The zero-order valence-electron chi connectivity index (χ0n) is 14.3. The highest BCUT2D eigenvalue weighted by atomic mass is 16.5. The van der Waals surface area contributed by atoms with E-state index in [0.29, 0.717) is 5.41 Å². The maximum atomic E-state index is 4.89. The molecule has 22 heavy (non-hydrogen) atoms. The predicted octanol–water partition coefficient (Wildman–Crippen LogP) is 1.80. The van der Waals surface area contributed by atoms with Crippen molar-refractivity contribution in [3.63, 3.8) is 0 Å². The van der Waals surface area contributed by atoms with Crippen molar-refractivity contribution in [2.75, 3.05) is 39.8 Å². The fourth-order valence-corrected chi connectivity index (χ4v) is 2.55. The molecule has 0 aliphatic carbocycles. The SMILES string of the molecule is CN=C(NCCC(C)(C)C)N1CCN(Cc2ccon2)CC1. The Kier molecular flexibility index (Phi) is 5.83. The van der Waals surface area contributed by atoms with E-state index >= 15 is 0 Å². The fraction of sp³-hybridized carbons (Fsp3) is 0.750. The Hall–Kier alpha value is -1.56. The minimum absolute atomic E-state index is 0.349. The van der Waals surface area contributed by atoms with Crippen LogP contribution in [0.4, 0.5) is 0 Å². The van der Waals surface area contributed by atoms with Crippen molar-refractivity contribution >= 4 is 5.96 Å². The lowest BCUT2D eigenvalue weighted by molar-refractivity contribution is 0.169. The van der Waals surface area contributed by atoms with Gasteiger partial charge in [0.25, 0.3) is 0 Å². The summed E-state index contributed by atoms with van der Waals surface area (Å²) in [6.45, 7) is 12.6. The quantitative estimate of drug-likeness (QED) is 0.679. The molecule has 1 N–H and O–H groups in total. The van der Waals surface area contributed by atoms with Gasteiger partial charge in [-0.05, 0) is 11.8 Å². The molecule has 2 rings (SSSR count). The highest BCUT2D eigenvalue weighted by Gasteiger charge is 2.20. The summed E-state index contributed by atoms with van der Waals surface area (Å²) in [5.74, 6) is 1.02. The predicted molar refractivity (Wildman–Crippen MR) is 88.8 cm³/mol. The molecule has 1 aliphatic rings. The summed E-state index contributed by atoms with van der Waals surface area (Å²) in [4.78, 5) is 9.15. The van der Waals surface area contributed by atoms with Crippen LogP contribution >= 0.6 is 0 Å². The highest BCUT2D eigenvalue weighted by molar-refractivity contribution is 5.79. The number of aliphatic imine (C=N–C) groups is 1. The summed E-state index contributed by atoms with van der Waals surface area (Å²) in [6, 6.07) is 1.93. The van der Waals surface area contributed by atoms with Crippen LogP contribution in [-0.4, -0.2) is 60.7 Å². The average Bonchev–Trinajstić information content (AvgIpc) is 2.97. The molecule has 6 nitrogen and oxygen atoms in total. The van der Waals surface area contributed by atoms with Gasteiger partial charge in [-0.2, -0.15) is 0 Å². The molecule has 6 heteroatoms. The van der Waals surface area contributed by atoms with E-state index in [1.807, 2.05) is 13.1 Å². The average molecular weight is 307 g/mol. The normalized spacial score (nSPS) is 17.8. The van der Waals surface area contributed by atoms with Crippen molar-refractivity contribution in [3.8, 4) is 0 Å². The van der Waals surface area contributed by atoms with Crippen LogP contribution in [0.15, 0.2) is 21.8 Å². The topological polar surface area (TPSA) is 56.9 Å². The molecule has 2 heterocycles. The van der Waals surface area contributed by atoms with Crippen LogP contribution in [0.2, 0.25) is 0 Å². The molecule has 1 aromatic heterocycles. The molecular weight excluding hydrogens is 278 g/mol. The van der Waals surface area contributed by atoms with E-state index in [4.69, 9.17) is 4.52 Å². The van der Waals surface area contributed by atoms with Crippen LogP contribution in [0.1, 0.15) is 32.9 Å². The van der Waals surface area contributed by atoms with E-state index < -0.39 is 0 Å². The Morgan fingerprint density at radius 3 is 2.59 bits per heavy atom. The second kappa shape index (κ2) is 7.63. The van der Waals surface area contributed by atoms with Crippen molar-refractivity contribution < 1.29 is 4.52 Å². The van der Waals surface area contributed by atoms with E-state index in [-0.39, 0.29) is 0 Å². The molecule has 124 valence electrons. The molecule has 0 amide bonds. The third kappa shape index (κ3) is 5.33. The molecule has 0 saturated carbocycles. The zero-order valence-corrected chi connectivity index (χ0v) is 14.3. The Bertz CT molecular complexity index is 455. The number of nitrogens with one attached hydrogen (secondary N) is 1. The maximum absolute atomic E-state index is 4.89. The maximum Gasteiger partial charge on any atom is 0.193 e. The van der Waals surface area contributed by atoms with Gasteiger partial charge in [0.1, 0.15) is 6.26 Å². The smallest absolute Gasteiger partial charge is 0.193 e. The number of hydrogen-bond acceptors (Lipinski definition) is 4.